The van der Waals surface area contributed by atoms with Crippen molar-refractivity contribution in [3.63, 3.8) is 0 Å². The van der Waals surface area contributed by atoms with Gasteiger partial charge in [0.1, 0.15) is 5.60 Å². The summed E-state index contributed by atoms with van der Waals surface area (Å²) in [5, 5.41) is 10.3. The van der Waals surface area contributed by atoms with Crippen LogP contribution in [-0.4, -0.2) is 39.2 Å². The molecule has 7 nitrogen and oxygen atoms in total. The number of aromatic nitrogens is 3. The van der Waals surface area contributed by atoms with Crippen LogP contribution in [0.4, 0.5) is 4.79 Å². The van der Waals surface area contributed by atoms with Crippen LogP contribution in [0.25, 0.3) is 0 Å². The molecule has 1 aliphatic heterocycles. The molecule has 2 heterocycles. The molecule has 1 aliphatic rings. The maximum atomic E-state index is 12.5. The Morgan fingerprint density at radius 1 is 1.43 bits per heavy atom. The Kier molecular flexibility index (Phi) is 6.51. The lowest BCUT2D eigenvalue weighted by Crippen LogP contribution is -2.37. The Morgan fingerprint density at radius 3 is 2.82 bits per heavy atom. The Bertz CT molecular complexity index is 835. The average molecular weight is 405 g/mol. The molecule has 1 saturated heterocycles. The van der Waals surface area contributed by atoms with Gasteiger partial charge in [-0.1, -0.05) is 30.3 Å². The van der Waals surface area contributed by atoms with Crippen LogP contribution in [0.1, 0.15) is 51.0 Å². The predicted octanol–water partition coefficient (Wildman–Crippen LogP) is 3.93. The van der Waals surface area contributed by atoms with Gasteiger partial charge in [0.05, 0.1) is 18.7 Å². The number of benzene rings is 1. The lowest BCUT2D eigenvalue weighted by Gasteiger charge is -2.24. The molecule has 1 amide bonds. The monoisotopic (exact) mass is 404 g/mol. The molecule has 0 radical (unpaired) electrons. The fraction of sp³-hybridized carbons (Fsp3) is 0.550. The molecule has 152 valence electrons. The van der Waals surface area contributed by atoms with E-state index in [-0.39, 0.29) is 12.1 Å². The van der Waals surface area contributed by atoms with Gasteiger partial charge in [-0.2, -0.15) is 5.10 Å². The number of nitrogens with zero attached hydrogens (tertiary/aromatic N) is 2. The molecule has 1 aromatic heterocycles. The first-order chi connectivity index (χ1) is 13.3. The Labute approximate surface area is 170 Å². The summed E-state index contributed by atoms with van der Waals surface area (Å²) < 4.78 is 13.7. The van der Waals surface area contributed by atoms with Crippen molar-refractivity contribution in [2.45, 2.75) is 64.3 Å². The standard InChI is InChI=1S/C20H28N4O3S/c1-20(2,3)27-19(25)21-16(12-14-8-5-4-6-9-14)17-22-23-18(28)24(17)13-15-10-7-11-26-15/h4-6,8-9,15-16H,7,10-13H2,1-3H3,(H,21,25)(H,23,28)/t15-,16-/m0/s1. The molecule has 0 unspecified atom stereocenters. The summed E-state index contributed by atoms with van der Waals surface area (Å²) in [5.74, 6) is 0.676. The second-order valence-corrected chi connectivity index (χ2v) is 8.41. The van der Waals surface area contributed by atoms with E-state index in [1.54, 1.807) is 0 Å². The fourth-order valence-electron chi connectivity index (χ4n) is 3.27. The first kappa shape index (κ1) is 20.5. The molecule has 1 fully saturated rings. The van der Waals surface area contributed by atoms with Crippen LogP contribution in [0.15, 0.2) is 30.3 Å². The zero-order chi connectivity index (χ0) is 20.1. The molecule has 0 spiro atoms. The van der Waals surface area contributed by atoms with E-state index in [9.17, 15) is 4.79 Å². The van der Waals surface area contributed by atoms with Gasteiger partial charge in [0, 0.05) is 13.0 Å². The third-order valence-electron chi connectivity index (χ3n) is 4.48. The molecule has 0 aliphatic carbocycles. The number of hydrogen-bond acceptors (Lipinski definition) is 5. The first-order valence-corrected chi connectivity index (χ1v) is 10.0. The largest absolute Gasteiger partial charge is 0.444 e. The van der Waals surface area contributed by atoms with Crippen molar-refractivity contribution in [2.24, 2.45) is 0 Å². The van der Waals surface area contributed by atoms with Gasteiger partial charge >= 0.3 is 6.09 Å². The summed E-state index contributed by atoms with van der Waals surface area (Å²) in [6, 6.07) is 9.58. The number of carbonyl (C=O) groups excluding carboxylic acids is 1. The fourth-order valence-corrected chi connectivity index (χ4v) is 3.48. The number of aromatic amines is 1. The first-order valence-electron chi connectivity index (χ1n) is 9.62. The molecule has 3 rings (SSSR count). The molecule has 1 aromatic carbocycles. The van der Waals surface area contributed by atoms with Gasteiger partial charge in [-0.05, 0) is 51.4 Å². The summed E-state index contributed by atoms with van der Waals surface area (Å²) in [5.41, 5.74) is 0.505. The molecule has 2 N–H and O–H groups in total. The lowest BCUT2D eigenvalue weighted by atomic mass is 10.1. The minimum atomic E-state index is -0.580. The quantitative estimate of drug-likeness (QED) is 0.713. The van der Waals surface area contributed by atoms with E-state index in [0.29, 0.717) is 23.6 Å². The van der Waals surface area contributed by atoms with Gasteiger partial charge in [-0.15, -0.1) is 0 Å². The summed E-state index contributed by atoms with van der Waals surface area (Å²) in [4.78, 5) is 12.5. The number of carbonyl (C=O) groups is 1. The minimum Gasteiger partial charge on any atom is -0.444 e. The van der Waals surface area contributed by atoms with E-state index in [1.807, 2.05) is 55.7 Å². The van der Waals surface area contributed by atoms with E-state index in [2.05, 4.69) is 15.5 Å². The van der Waals surface area contributed by atoms with Crippen LogP contribution in [0, 0.1) is 4.77 Å². The maximum Gasteiger partial charge on any atom is 0.408 e. The number of nitrogens with one attached hydrogen (secondary N) is 2. The van der Waals surface area contributed by atoms with Gasteiger partial charge in [0.2, 0.25) is 0 Å². The smallest absolute Gasteiger partial charge is 0.408 e. The molecule has 2 aromatic rings. The highest BCUT2D eigenvalue weighted by Crippen LogP contribution is 2.21. The minimum absolute atomic E-state index is 0.113. The van der Waals surface area contributed by atoms with E-state index in [4.69, 9.17) is 21.7 Å². The Morgan fingerprint density at radius 2 is 2.18 bits per heavy atom. The van der Waals surface area contributed by atoms with Crippen LogP contribution in [0.2, 0.25) is 0 Å². The molecule has 2 atom stereocenters. The third kappa shape index (κ3) is 5.65. The molecular weight excluding hydrogens is 376 g/mol. The van der Waals surface area contributed by atoms with E-state index >= 15 is 0 Å². The highest BCUT2D eigenvalue weighted by molar-refractivity contribution is 7.71. The molecule has 0 saturated carbocycles. The molecule has 0 bridgehead atoms. The lowest BCUT2D eigenvalue weighted by molar-refractivity contribution is 0.0498. The number of alkyl carbamates (subject to hydrolysis) is 1. The van der Waals surface area contributed by atoms with Crippen molar-refractivity contribution in [2.75, 3.05) is 6.61 Å². The molecule has 28 heavy (non-hydrogen) atoms. The topological polar surface area (TPSA) is 81.2 Å². The third-order valence-corrected chi connectivity index (χ3v) is 4.79. The number of amides is 1. The van der Waals surface area contributed by atoms with Crippen LogP contribution in [0.5, 0.6) is 0 Å². The average Bonchev–Trinajstić information content (AvgIpc) is 3.25. The normalized spacial score (nSPS) is 18.0. The SMILES string of the molecule is CC(C)(C)OC(=O)N[C@@H](Cc1ccccc1)c1n[nH]c(=S)n1C[C@@H]1CCCO1. The Hall–Kier alpha value is -2.19. The van der Waals surface area contributed by atoms with Crippen molar-refractivity contribution in [3.05, 3.63) is 46.5 Å². The zero-order valence-corrected chi connectivity index (χ0v) is 17.4. The van der Waals surface area contributed by atoms with Gasteiger partial charge in [-0.25, -0.2) is 4.79 Å². The van der Waals surface area contributed by atoms with E-state index in [0.717, 1.165) is 25.0 Å². The number of hydrogen-bond donors (Lipinski definition) is 2. The maximum absolute atomic E-state index is 12.5. The molecule has 8 heteroatoms. The number of rotatable bonds is 6. The van der Waals surface area contributed by atoms with Gasteiger partial charge in [-0.3, -0.25) is 9.67 Å². The second kappa shape index (κ2) is 8.87. The van der Waals surface area contributed by atoms with E-state index in [1.165, 1.54) is 0 Å². The Balaban J connectivity index is 1.85. The van der Waals surface area contributed by atoms with Gasteiger partial charge in [0.15, 0.2) is 10.6 Å². The predicted molar refractivity (Wildman–Crippen MR) is 109 cm³/mol. The van der Waals surface area contributed by atoms with Crippen molar-refractivity contribution in [1.29, 1.82) is 0 Å². The van der Waals surface area contributed by atoms with Crippen molar-refractivity contribution in [1.82, 2.24) is 20.1 Å². The van der Waals surface area contributed by atoms with Crippen molar-refractivity contribution in [3.8, 4) is 0 Å². The van der Waals surface area contributed by atoms with Gasteiger partial charge in [0.25, 0.3) is 0 Å². The highest BCUT2D eigenvalue weighted by Gasteiger charge is 2.26. The molecular formula is C20H28N4O3S. The summed E-state index contributed by atoms with van der Waals surface area (Å²) in [6.07, 6.45) is 2.25. The van der Waals surface area contributed by atoms with Crippen molar-refractivity contribution >= 4 is 18.3 Å². The number of ether oxygens (including phenoxy) is 2. The van der Waals surface area contributed by atoms with E-state index < -0.39 is 11.7 Å². The summed E-state index contributed by atoms with van der Waals surface area (Å²) in [6.45, 7) is 6.91. The highest BCUT2D eigenvalue weighted by atomic mass is 32.1. The van der Waals surface area contributed by atoms with Gasteiger partial charge < -0.3 is 14.8 Å². The van der Waals surface area contributed by atoms with Crippen LogP contribution in [0.3, 0.4) is 0 Å². The van der Waals surface area contributed by atoms with Crippen LogP contribution in [-0.2, 0) is 22.4 Å². The summed E-state index contributed by atoms with van der Waals surface area (Å²) >= 11 is 5.44. The van der Waals surface area contributed by atoms with Crippen molar-refractivity contribution < 1.29 is 14.3 Å². The second-order valence-electron chi connectivity index (χ2n) is 8.02. The van der Waals surface area contributed by atoms with Crippen LogP contribution < -0.4 is 5.32 Å². The zero-order valence-electron chi connectivity index (χ0n) is 16.6. The number of H-pyrrole nitrogens is 1. The van der Waals surface area contributed by atoms with Crippen LogP contribution >= 0.6 is 12.2 Å². The summed E-state index contributed by atoms with van der Waals surface area (Å²) in [7, 11) is 0.